The maximum absolute atomic E-state index is 13.4. The summed E-state index contributed by atoms with van der Waals surface area (Å²) in [5, 5.41) is 3.96. The molecule has 0 aliphatic rings. The summed E-state index contributed by atoms with van der Waals surface area (Å²) < 4.78 is 0. The largest absolute Gasteiger partial charge is 0.357 e. The Labute approximate surface area is 209 Å². The lowest BCUT2D eigenvalue weighted by Gasteiger charge is -2.31. The number of rotatable bonds is 10. The third-order valence-electron chi connectivity index (χ3n) is 5.26. The van der Waals surface area contributed by atoms with Gasteiger partial charge >= 0.3 is 0 Å². The zero-order valence-corrected chi connectivity index (χ0v) is 20.7. The van der Waals surface area contributed by atoms with Gasteiger partial charge in [0, 0.05) is 35.8 Å². The molecule has 0 saturated heterocycles. The van der Waals surface area contributed by atoms with Gasteiger partial charge in [-0.1, -0.05) is 89.9 Å². The van der Waals surface area contributed by atoms with E-state index < -0.39 is 6.04 Å². The molecule has 3 aromatic carbocycles. The maximum Gasteiger partial charge on any atom is 0.242 e. The van der Waals surface area contributed by atoms with Gasteiger partial charge in [0.05, 0.1) is 5.75 Å². The van der Waals surface area contributed by atoms with E-state index in [1.54, 1.807) is 18.0 Å². The van der Waals surface area contributed by atoms with Gasteiger partial charge in [0.25, 0.3) is 0 Å². The highest BCUT2D eigenvalue weighted by atomic mass is 35.5. The zero-order chi connectivity index (χ0) is 23.6. The van der Waals surface area contributed by atoms with Gasteiger partial charge in [0.15, 0.2) is 0 Å². The summed E-state index contributed by atoms with van der Waals surface area (Å²) in [6.45, 7) is 0.246. The molecule has 0 saturated carbocycles. The third-order valence-corrected chi connectivity index (χ3v) is 6.96. The number of thioether (sulfide) groups is 1. The number of benzene rings is 3. The quantitative estimate of drug-likeness (QED) is 0.393. The lowest BCUT2D eigenvalue weighted by molar-refractivity contribution is -0.139. The maximum atomic E-state index is 13.4. The molecule has 1 N–H and O–H groups in total. The van der Waals surface area contributed by atoms with Gasteiger partial charge in [-0.3, -0.25) is 9.59 Å². The summed E-state index contributed by atoms with van der Waals surface area (Å²) in [5.41, 5.74) is 2.75. The van der Waals surface area contributed by atoms with Gasteiger partial charge in [-0.15, -0.1) is 11.8 Å². The monoisotopic (exact) mass is 500 g/mol. The Morgan fingerprint density at radius 1 is 0.879 bits per heavy atom. The Kier molecular flexibility index (Phi) is 9.67. The second-order valence-electron chi connectivity index (χ2n) is 7.52. The summed E-state index contributed by atoms with van der Waals surface area (Å²) in [6, 6.07) is 24.0. The molecule has 0 aliphatic heterocycles. The van der Waals surface area contributed by atoms with Crippen molar-refractivity contribution < 1.29 is 9.59 Å². The van der Waals surface area contributed by atoms with Crippen molar-refractivity contribution in [1.29, 1.82) is 0 Å². The summed E-state index contributed by atoms with van der Waals surface area (Å²) in [7, 11) is 1.59. The molecule has 0 aliphatic carbocycles. The van der Waals surface area contributed by atoms with Gasteiger partial charge in [0.1, 0.15) is 6.04 Å². The highest BCUT2D eigenvalue weighted by Crippen LogP contribution is 2.24. The zero-order valence-electron chi connectivity index (χ0n) is 18.3. The normalized spacial score (nSPS) is 11.6. The minimum Gasteiger partial charge on any atom is -0.357 e. The van der Waals surface area contributed by atoms with Crippen molar-refractivity contribution in [2.75, 3.05) is 12.8 Å². The van der Waals surface area contributed by atoms with Crippen LogP contribution in [-0.2, 0) is 28.3 Å². The highest BCUT2D eigenvalue weighted by Gasteiger charge is 2.30. The van der Waals surface area contributed by atoms with Crippen LogP contribution < -0.4 is 5.32 Å². The Morgan fingerprint density at radius 2 is 1.45 bits per heavy atom. The average molecular weight is 501 g/mol. The SMILES string of the molecule is CNC(=O)C(Cc1ccccc1)N(Cc1ccccc1Cl)C(=O)CSCc1ccccc1Cl. The summed E-state index contributed by atoms with van der Waals surface area (Å²) in [5.74, 6) is 0.485. The van der Waals surface area contributed by atoms with Crippen LogP contribution in [0.5, 0.6) is 0 Å². The number of nitrogens with zero attached hydrogens (tertiary/aromatic N) is 1. The van der Waals surface area contributed by atoms with Crippen LogP contribution in [0.3, 0.4) is 0 Å². The predicted octanol–water partition coefficient (Wildman–Crippen LogP) is 5.61. The molecule has 3 aromatic rings. The fourth-order valence-corrected chi connectivity index (χ4v) is 4.87. The smallest absolute Gasteiger partial charge is 0.242 e. The van der Waals surface area contributed by atoms with E-state index in [9.17, 15) is 9.59 Å². The molecule has 0 heterocycles. The van der Waals surface area contributed by atoms with Gasteiger partial charge in [0.2, 0.25) is 11.8 Å². The van der Waals surface area contributed by atoms with E-state index in [1.807, 2.05) is 72.8 Å². The first-order chi connectivity index (χ1) is 16.0. The van der Waals surface area contributed by atoms with Crippen molar-refractivity contribution in [3.8, 4) is 0 Å². The van der Waals surface area contributed by atoms with E-state index in [2.05, 4.69) is 5.32 Å². The lowest BCUT2D eigenvalue weighted by Crippen LogP contribution is -2.50. The molecular weight excluding hydrogens is 475 g/mol. The van der Waals surface area contributed by atoms with Crippen molar-refractivity contribution in [3.05, 3.63) is 106 Å². The molecule has 2 amide bonds. The number of hydrogen-bond donors (Lipinski definition) is 1. The number of hydrogen-bond acceptors (Lipinski definition) is 3. The first-order valence-corrected chi connectivity index (χ1v) is 12.5. The molecule has 1 unspecified atom stereocenters. The van der Waals surface area contributed by atoms with Crippen LogP contribution >= 0.6 is 35.0 Å². The van der Waals surface area contributed by atoms with Crippen LogP contribution in [0.25, 0.3) is 0 Å². The van der Waals surface area contributed by atoms with E-state index in [-0.39, 0.29) is 24.1 Å². The van der Waals surface area contributed by atoms with Crippen LogP contribution in [-0.4, -0.2) is 35.6 Å². The van der Waals surface area contributed by atoms with Gasteiger partial charge in [-0.2, -0.15) is 0 Å². The molecular formula is C26H26Cl2N2O2S. The lowest BCUT2D eigenvalue weighted by atomic mass is 10.0. The Morgan fingerprint density at radius 3 is 2.06 bits per heavy atom. The fraction of sp³-hybridized carbons (Fsp3) is 0.231. The van der Waals surface area contributed by atoms with Crippen molar-refractivity contribution in [1.82, 2.24) is 10.2 Å². The van der Waals surface area contributed by atoms with Crippen LogP contribution in [0.15, 0.2) is 78.9 Å². The standard InChI is InChI=1S/C26H26Cl2N2O2S/c1-29-26(32)24(15-19-9-3-2-4-10-19)30(16-20-11-5-7-13-22(20)27)25(31)18-33-17-21-12-6-8-14-23(21)28/h2-14,24H,15-18H2,1H3,(H,29,32). The van der Waals surface area contributed by atoms with E-state index in [1.165, 1.54) is 11.8 Å². The number of likely N-dealkylation sites (N-methyl/N-ethyl adjacent to an activating group) is 1. The van der Waals surface area contributed by atoms with Crippen molar-refractivity contribution >= 4 is 46.8 Å². The average Bonchev–Trinajstić information content (AvgIpc) is 2.83. The molecule has 33 heavy (non-hydrogen) atoms. The molecule has 7 heteroatoms. The summed E-state index contributed by atoms with van der Waals surface area (Å²) in [6.07, 6.45) is 0.409. The highest BCUT2D eigenvalue weighted by molar-refractivity contribution is 7.99. The molecule has 1 atom stereocenters. The van der Waals surface area contributed by atoms with Gasteiger partial charge in [-0.05, 0) is 28.8 Å². The van der Waals surface area contributed by atoms with Crippen LogP contribution in [0.2, 0.25) is 10.0 Å². The second kappa shape index (κ2) is 12.7. The molecule has 172 valence electrons. The van der Waals surface area contributed by atoms with E-state index >= 15 is 0 Å². The third kappa shape index (κ3) is 7.26. The first-order valence-electron chi connectivity index (χ1n) is 10.6. The van der Waals surface area contributed by atoms with Gasteiger partial charge < -0.3 is 10.2 Å². The van der Waals surface area contributed by atoms with E-state index in [4.69, 9.17) is 23.2 Å². The number of halogens is 2. The van der Waals surface area contributed by atoms with E-state index in [0.717, 1.165) is 16.7 Å². The Balaban J connectivity index is 1.83. The molecule has 0 radical (unpaired) electrons. The fourth-order valence-electron chi connectivity index (χ4n) is 3.48. The molecule has 0 bridgehead atoms. The second-order valence-corrected chi connectivity index (χ2v) is 9.32. The number of carbonyl (C=O) groups is 2. The summed E-state index contributed by atoms with van der Waals surface area (Å²) in [4.78, 5) is 28.0. The summed E-state index contributed by atoms with van der Waals surface area (Å²) >= 11 is 14.1. The Hall–Kier alpha value is -2.47. The Bertz CT molecular complexity index is 1080. The number of nitrogens with one attached hydrogen (secondary N) is 1. The van der Waals surface area contributed by atoms with Crippen molar-refractivity contribution in [2.45, 2.75) is 24.8 Å². The number of amides is 2. The molecule has 0 spiro atoms. The van der Waals surface area contributed by atoms with Crippen LogP contribution in [0.4, 0.5) is 0 Å². The van der Waals surface area contributed by atoms with E-state index in [0.29, 0.717) is 22.2 Å². The minimum absolute atomic E-state index is 0.128. The topological polar surface area (TPSA) is 49.4 Å². The minimum atomic E-state index is -0.665. The molecule has 3 rings (SSSR count). The van der Waals surface area contributed by atoms with Gasteiger partial charge in [-0.25, -0.2) is 0 Å². The molecule has 4 nitrogen and oxygen atoms in total. The molecule has 0 aromatic heterocycles. The predicted molar refractivity (Wildman–Crippen MR) is 138 cm³/mol. The first kappa shape index (κ1) is 25.2. The van der Waals surface area contributed by atoms with Crippen LogP contribution in [0, 0.1) is 0 Å². The van der Waals surface area contributed by atoms with Crippen LogP contribution in [0.1, 0.15) is 16.7 Å². The molecule has 0 fully saturated rings. The number of carbonyl (C=O) groups excluding carboxylic acids is 2. The van der Waals surface area contributed by atoms with Crippen molar-refractivity contribution in [2.24, 2.45) is 0 Å². The van der Waals surface area contributed by atoms with Crippen molar-refractivity contribution in [3.63, 3.8) is 0 Å².